The number of nitrogens with zero attached hydrogens (tertiary/aromatic N) is 1. The van der Waals surface area contributed by atoms with Crippen LogP contribution in [0.15, 0.2) is 0 Å². The highest BCUT2D eigenvalue weighted by Crippen LogP contribution is 2.30. The predicted octanol–water partition coefficient (Wildman–Crippen LogP) is -0.360. The van der Waals surface area contributed by atoms with E-state index in [-0.39, 0.29) is 39.8 Å². The molecule has 12 heteroatoms. The van der Waals surface area contributed by atoms with Crippen LogP contribution in [0.2, 0.25) is 0 Å². The second-order valence-corrected chi connectivity index (χ2v) is 14.7. The summed E-state index contributed by atoms with van der Waals surface area (Å²) in [4.78, 5) is 1.49. The number of sulfone groups is 2. The van der Waals surface area contributed by atoms with Crippen molar-refractivity contribution >= 4 is 55.9 Å². The first-order valence-electron chi connectivity index (χ1n) is 6.53. The lowest BCUT2D eigenvalue weighted by Gasteiger charge is -2.25. The highest BCUT2D eigenvalue weighted by atomic mass is 33.1. The molecule has 0 aromatic heterocycles. The molecule has 7 nitrogen and oxygen atoms in total. The SMILES string of the molecule is CN(C(=S)SS(=O)(=O)[C@@H]1CCS(=O)(=O)C1)[C@@H]1CCS(=O)(=O)C1. The molecule has 0 amide bonds. The molecule has 0 radical (unpaired) electrons. The van der Waals surface area contributed by atoms with Gasteiger partial charge in [0.15, 0.2) is 24.0 Å². The summed E-state index contributed by atoms with van der Waals surface area (Å²) in [5, 5.41) is -0.943. The standard InChI is InChI=1S/C10H17NO6S5/c1-11(8-2-4-20(12,13)6-8)10(18)19-22(16,17)9-3-5-21(14,15)7-9/h8-9H,2-7H2,1H3/t8-,9-/m1/s1. The molecule has 0 spiro atoms. The summed E-state index contributed by atoms with van der Waals surface area (Å²) in [7, 11) is -8.07. The predicted molar refractivity (Wildman–Crippen MR) is 91.0 cm³/mol. The van der Waals surface area contributed by atoms with E-state index in [0.717, 1.165) is 0 Å². The van der Waals surface area contributed by atoms with Crippen molar-refractivity contribution in [3.63, 3.8) is 0 Å². The normalized spacial score (nSPS) is 30.2. The van der Waals surface area contributed by atoms with Gasteiger partial charge in [0.05, 0.1) is 28.3 Å². The van der Waals surface area contributed by atoms with E-state index in [4.69, 9.17) is 12.2 Å². The van der Waals surface area contributed by atoms with Crippen molar-refractivity contribution in [1.29, 1.82) is 0 Å². The van der Waals surface area contributed by atoms with Crippen molar-refractivity contribution in [1.82, 2.24) is 4.90 Å². The van der Waals surface area contributed by atoms with Crippen LogP contribution in [0.1, 0.15) is 12.8 Å². The Morgan fingerprint density at radius 3 is 2.09 bits per heavy atom. The van der Waals surface area contributed by atoms with E-state index in [0.29, 0.717) is 17.2 Å². The number of thiocarbonyl (C=S) groups is 1. The fourth-order valence-corrected chi connectivity index (χ4v) is 11.4. The van der Waals surface area contributed by atoms with E-state index >= 15 is 0 Å². The fourth-order valence-electron chi connectivity index (χ4n) is 2.44. The van der Waals surface area contributed by atoms with Crippen LogP contribution in [0.5, 0.6) is 0 Å². The van der Waals surface area contributed by atoms with Crippen molar-refractivity contribution in [2.24, 2.45) is 0 Å². The Labute approximate surface area is 140 Å². The first-order valence-corrected chi connectivity index (χ1v) is 13.5. The van der Waals surface area contributed by atoms with Crippen LogP contribution in [0.3, 0.4) is 0 Å². The van der Waals surface area contributed by atoms with Gasteiger partial charge < -0.3 is 4.90 Å². The Kier molecular flexibility index (Phi) is 5.18. The van der Waals surface area contributed by atoms with Gasteiger partial charge in [0.2, 0.25) is 8.87 Å². The maximum atomic E-state index is 12.2. The fraction of sp³-hybridized carbons (Fsp3) is 0.900. The molecule has 22 heavy (non-hydrogen) atoms. The molecular weight excluding hydrogens is 390 g/mol. The smallest absolute Gasteiger partial charge is 0.212 e. The lowest BCUT2D eigenvalue weighted by Crippen LogP contribution is -2.36. The van der Waals surface area contributed by atoms with Gasteiger partial charge in [-0.25, -0.2) is 25.3 Å². The van der Waals surface area contributed by atoms with Crippen LogP contribution in [-0.2, 0) is 28.5 Å². The van der Waals surface area contributed by atoms with E-state index in [1.165, 1.54) is 4.90 Å². The van der Waals surface area contributed by atoms with E-state index in [1.54, 1.807) is 7.05 Å². The third-order valence-corrected chi connectivity index (χ3v) is 12.3. The first kappa shape index (κ1) is 18.4. The largest absolute Gasteiger partial charge is 0.356 e. The minimum absolute atomic E-state index is 0.0396. The number of hydrogen-bond acceptors (Lipinski definition) is 8. The van der Waals surface area contributed by atoms with Crippen molar-refractivity contribution in [2.45, 2.75) is 24.1 Å². The Morgan fingerprint density at radius 1 is 1.09 bits per heavy atom. The van der Waals surface area contributed by atoms with Crippen LogP contribution in [0, 0.1) is 0 Å². The van der Waals surface area contributed by atoms with Crippen LogP contribution in [-0.4, -0.2) is 75.8 Å². The molecule has 2 aliphatic rings. The van der Waals surface area contributed by atoms with Gasteiger partial charge >= 0.3 is 0 Å². The highest BCUT2D eigenvalue weighted by molar-refractivity contribution is 8.79. The Morgan fingerprint density at radius 2 is 1.64 bits per heavy atom. The minimum atomic E-state index is -3.73. The Hall–Kier alpha value is 0.0900. The van der Waals surface area contributed by atoms with E-state index in [1.807, 2.05) is 0 Å². The molecule has 0 saturated carbocycles. The second kappa shape index (κ2) is 6.19. The van der Waals surface area contributed by atoms with Crippen LogP contribution >= 0.6 is 23.0 Å². The maximum Gasteiger partial charge on any atom is 0.212 e. The van der Waals surface area contributed by atoms with Gasteiger partial charge in [-0.3, -0.25) is 0 Å². The molecule has 2 rings (SSSR count). The van der Waals surface area contributed by atoms with Crippen LogP contribution < -0.4 is 0 Å². The van der Waals surface area contributed by atoms with Crippen molar-refractivity contribution in [3.05, 3.63) is 0 Å². The van der Waals surface area contributed by atoms with Gasteiger partial charge in [-0.1, -0.05) is 12.2 Å². The average molecular weight is 408 g/mol. The van der Waals surface area contributed by atoms with Crippen molar-refractivity contribution < 1.29 is 25.3 Å². The second-order valence-electron chi connectivity index (χ2n) is 5.53. The van der Waals surface area contributed by atoms with E-state index in [2.05, 4.69) is 0 Å². The summed E-state index contributed by atoms with van der Waals surface area (Å²) in [6, 6.07) is -0.326. The molecule has 0 N–H and O–H groups in total. The lowest BCUT2D eigenvalue weighted by molar-refractivity contribution is 0.409. The van der Waals surface area contributed by atoms with Gasteiger partial charge in [0.25, 0.3) is 0 Å². The zero-order valence-corrected chi connectivity index (χ0v) is 15.9. The molecule has 128 valence electrons. The van der Waals surface area contributed by atoms with Crippen molar-refractivity contribution in [3.8, 4) is 0 Å². The number of rotatable bonds is 3. The van der Waals surface area contributed by atoms with Gasteiger partial charge in [0, 0.05) is 23.9 Å². The highest BCUT2D eigenvalue weighted by Gasteiger charge is 2.39. The summed E-state index contributed by atoms with van der Waals surface area (Å²) in [5.41, 5.74) is 0. The van der Waals surface area contributed by atoms with Crippen molar-refractivity contribution in [2.75, 3.05) is 30.1 Å². The molecule has 0 bridgehead atoms. The number of hydrogen-bond donors (Lipinski definition) is 0. The molecule has 0 unspecified atom stereocenters. The van der Waals surface area contributed by atoms with Gasteiger partial charge in [0.1, 0.15) is 0 Å². The first-order chi connectivity index (χ1) is 9.92. The molecular formula is C10H17NO6S5. The molecule has 2 saturated heterocycles. The van der Waals surface area contributed by atoms with Crippen LogP contribution in [0.4, 0.5) is 0 Å². The Balaban J connectivity index is 2.02. The average Bonchev–Trinajstić information content (AvgIpc) is 2.90. The summed E-state index contributed by atoms with van der Waals surface area (Å²) >= 11 is 5.09. The quantitative estimate of drug-likeness (QED) is 0.458. The lowest BCUT2D eigenvalue weighted by atomic mass is 10.2. The van der Waals surface area contributed by atoms with Gasteiger partial charge in [-0.05, 0) is 12.8 Å². The third-order valence-electron chi connectivity index (χ3n) is 3.83. The topological polar surface area (TPSA) is 106 Å². The van der Waals surface area contributed by atoms with Crippen LogP contribution in [0.25, 0.3) is 0 Å². The van der Waals surface area contributed by atoms with E-state index in [9.17, 15) is 25.3 Å². The molecule has 2 atom stereocenters. The monoisotopic (exact) mass is 407 g/mol. The molecule has 0 aliphatic carbocycles. The summed E-state index contributed by atoms with van der Waals surface area (Å²) < 4.78 is 70.3. The van der Waals surface area contributed by atoms with Gasteiger partial charge in [-0.15, -0.1) is 0 Å². The maximum absolute atomic E-state index is 12.2. The molecule has 2 aliphatic heterocycles. The molecule has 2 fully saturated rings. The minimum Gasteiger partial charge on any atom is -0.356 e. The molecule has 2 heterocycles. The molecule has 0 aromatic carbocycles. The zero-order chi connectivity index (χ0) is 16.8. The Bertz CT molecular complexity index is 769. The molecule has 0 aromatic rings. The third kappa shape index (κ3) is 4.34. The van der Waals surface area contributed by atoms with Gasteiger partial charge in [-0.2, -0.15) is 0 Å². The van der Waals surface area contributed by atoms with E-state index < -0.39 is 33.8 Å². The summed E-state index contributed by atoms with van der Waals surface area (Å²) in [5.74, 6) is -0.460. The summed E-state index contributed by atoms with van der Waals surface area (Å²) in [6.07, 6.45) is 0.499. The summed E-state index contributed by atoms with van der Waals surface area (Å²) in [6.45, 7) is 0. The zero-order valence-electron chi connectivity index (χ0n) is 11.8.